The first-order chi connectivity index (χ1) is 11.5. The summed E-state index contributed by atoms with van der Waals surface area (Å²) in [5.41, 5.74) is 1.18. The minimum Gasteiger partial charge on any atom is -0.355 e. The molecule has 0 aliphatic carbocycles. The van der Waals surface area contributed by atoms with Crippen LogP contribution in [0.1, 0.15) is 5.56 Å². The number of nitrogens with one attached hydrogen (secondary N) is 1. The molecule has 1 aromatic carbocycles. The molecule has 0 spiro atoms. The number of thioether (sulfide) groups is 1. The molecule has 9 heteroatoms. The second-order valence-corrected chi connectivity index (χ2v) is 8.96. The van der Waals surface area contributed by atoms with Gasteiger partial charge in [-0.1, -0.05) is 30.3 Å². The van der Waals surface area contributed by atoms with Crippen molar-refractivity contribution in [3.63, 3.8) is 0 Å². The molecule has 142 valence electrons. The van der Waals surface area contributed by atoms with Crippen molar-refractivity contribution >= 4 is 51.7 Å². The van der Waals surface area contributed by atoms with Gasteiger partial charge in [-0.2, -0.15) is 11.8 Å². The Bertz CT molecular complexity index is 635. The molecule has 25 heavy (non-hydrogen) atoms. The maximum Gasteiger partial charge on any atom is 0.215 e. The molecule has 1 saturated heterocycles. The van der Waals surface area contributed by atoms with Crippen LogP contribution in [-0.2, 0) is 16.6 Å². The Morgan fingerprint density at radius 1 is 1.28 bits per heavy atom. The van der Waals surface area contributed by atoms with Gasteiger partial charge in [0, 0.05) is 51.8 Å². The Kier molecular flexibility index (Phi) is 10.1. The number of guanidine groups is 1. The van der Waals surface area contributed by atoms with Gasteiger partial charge in [-0.25, -0.2) is 12.7 Å². The van der Waals surface area contributed by atoms with Crippen LogP contribution in [-0.4, -0.2) is 74.6 Å². The van der Waals surface area contributed by atoms with Gasteiger partial charge in [0.2, 0.25) is 10.0 Å². The van der Waals surface area contributed by atoms with Gasteiger partial charge in [0.1, 0.15) is 0 Å². The van der Waals surface area contributed by atoms with E-state index < -0.39 is 10.0 Å². The summed E-state index contributed by atoms with van der Waals surface area (Å²) >= 11 is 1.80. The van der Waals surface area contributed by atoms with E-state index in [4.69, 9.17) is 0 Å². The SMILES string of the molecule is CN=C(NCCS(=O)(=O)N1CCSCC1)N(C)Cc1ccccc1.I. The lowest BCUT2D eigenvalue weighted by Gasteiger charge is -2.26. The van der Waals surface area contributed by atoms with E-state index in [1.54, 1.807) is 23.1 Å². The Hall–Kier alpha value is -0.520. The van der Waals surface area contributed by atoms with E-state index in [1.807, 2.05) is 30.1 Å². The van der Waals surface area contributed by atoms with Crippen LogP contribution in [0.3, 0.4) is 0 Å². The van der Waals surface area contributed by atoms with Gasteiger partial charge >= 0.3 is 0 Å². The number of sulfonamides is 1. The second kappa shape index (κ2) is 11.2. The fourth-order valence-corrected chi connectivity index (χ4v) is 5.05. The molecule has 1 aromatic rings. The molecule has 6 nitrogen and oxygen atoms in total. The van der Waals surface area contributed by atoms with Crippen molar-refractivity contribution in [3.05, 3.63) is 35.9 Å². The van der Waals surface area contributed by atoms with Gasteiger partial charge in [0.15, 0.2) is 5.96 Å². The van der Waals surface area contributed by atoms with Crippen molar-refractivity contribution in [2.45, 2.75) is 6.54 Å². The van der Waals surface area contributed by atoms with Crippen LogP contribution in [0.15, 0.2) is 35.3 Å². The molecule has 0 saturated carbocycles. The normalized spacial score (nSPS) is 16.2. The van der Waals surface area contributed by atoms with E-state index in [1.165, 1.54) is 5.56 Å². The summed E-state index contributed by atoms with van der Waals surface area (Å²) in [4.78, 5) is 6.22. The molecule has 1 aliphatic heterocycles. The van der Waals surface area contributed by atoms with Crippen LogP contribution >= 0.6 is 35.7 Å². The third-order valence-electron chi connectivity index (χ3n) is 3.84. The summed E-state index contributed by atoms with van der Waals surface area (Å²) < 4.78 is 26.3. The second-order valence-electron chi connectivity index (χ2n) is 5.64. The molecule has 0 atom stereocenters. The average molecular weight is 498 g/mol. The van der Waals surface area contributed by atoms with Crippen molar-refractivity contribution in [1.82, 2.24) is 14.5 Å². The van der Waals surface area contributed by atoms with E-state index in [9.17, 15) is 8.42 Å². The van der Waals surface area contributed by atoms with Crippen molar-refractivity contribution in [2.24, 2.45) is 4.99 Å². The Balaban J connectivity index is 0.00000312. The number of aliphatic imine (C=N–C) groups is 1. The van der Waals surface area contributed by atoms with Gasteiger partial charge in [0.25, 0.3) is 0 Å². The number of hydrogen-bond donors (Lipinski definition) is 1. The summed E-state index contributed by atoms with van der Waals surface area (Å²) in [5.74, 6) is 2.56. The lowest BCUT2D eigenvalue weighted by molar-refractivity contribution is 0.442. The lowest BCUT2D eigenvalue weighted by Crippen LogP contribution is -2.44. The molecular formula is C16H27IN4O2S2. The van der Waals surface area contributed by atoms with Crippen molar-refractivity contribution in [3.8, 4) is 0 Å². The predicted molar refractivity (Wildman–Crippen MR) is 117 cm³/mol. The van der Waals surface area contributed by atoms with Gasteiger partial charge in [-0.3, -0.25) is 4.99 Å². The van der Waals surface area contributed by atoms with E-state index in [-0.39, 0.29) is 29.7 Å². The quantitative estimate of drug-likeness (QED) is 0.368. The van der Waals surface area contributed by atoms with Crippen molar-refractivity contribution in [1.29, 1.82) is 0 Å². The zero-order valence-electron chi connectivity index (χ0n) is 14.7. The molecule has 1 aliphatic rings. The topological polar surface area (TPSA) is 65.0 Å². The van der Waals surface area contributed by atoms with Crippen LogP contribution in [0.25, 0.3) is 0 Å². The molecule has 0 aromatic heterocycles. The molecule has 1 fully saturated rings. The first-order valence-corrected chi connectivity index (χ1v) is 10.8. The van der Waals surface area contributed by atoms with Crippen LogP contribution < -0.4 is 5.32 Å². The highest BCUT2D eigenvalue weighted by atomic mass is 127. The fourth-order valence-electron chi connectivity index (χ4n) is 2.56. The third kappa shape index (κ3) is 7.32. The fraction of sp³-hybridized carbons (Fsp3) is 0.562. The molecule has 0 unspecified atom stereocenters. The van der Waals surface area contributed by atoms with E-state index in [2.05, 4.69) is 22.4 Å². The molecular weight excluding hydrogens is 471 g/mol. The molecule has 2 rings (SSSR count). The van der Waals surface area contributed by atoms with Gasteiger partial charge in [-0.15, -0.1) is 24.0 Å². The third-order valence-corrected chi connectivity index (χ3v) is 6.66. The molecule has 1 N–H and O–H groups in total. The molecule has 0 amide bonds. The monoisotopic (exact) mass is 498 g/mol. The number of halogens is 1. The van der Waals surface area contributed by atoms with Crippen LogP contribution in [0.5, 0.6) is 0 Å². The summed E-state index contributed by atoms with van der Waals surface area (Å²) in [7, 11) is 0.464. The number of benzene rings is 1. The van der Waals surface area contributed by atoms with E-state index >= 15 is 0 Å². The Morgan fingerprint density at radius 3 is 2.52 bits per heavy atom. The van der Waals surface area contributed by atoms with Gasteiger partial charge in [-0.05, 0) is 5.56 Å². The highest BCUT2D eigenvalue weighted by Gasteiger charge is 2.23. The zero-order valence-corrected chi connectivity index (χ0v) is 18.7. The zero-order chi connectivity index (χ0) is 17.4. The standard InChI is InChI=1S/C16H26N4O2S2.HI/c1-17-16(19(2)14-15-6-4-3-5-7-15)18-8-13-24(21,22)20-9-11-23-12-10-20;/h3-7H,8-14H2,1-2H3,(H,17,18);1H. The van der Waals surface area contributed by atoms with Crippen molar-refractivity contribution in [2.75, 3.05) is 51.0 Å². The smallest absolute Gasteiger partial charge is 0.215 e. The predicted octanol–water partition coefficient (Wildman–Crippen LogP) is 1.69. The number of hydrogen-bond acceptors (Lipinski definition) is 4. The van der Waals surface area contributed by atoms with Crippen LogP contribution in [0, 0.1) is 0 Å². The number of nitrogens with zero attached hydrogens (tertiary/aromatic N) is 3. The largest absolute Gasteiger partial charge is 0.355 e. The van der Waals surface area contributed by atoms with Crippen LogP contribution in [0.4, 0.5) is 0 Å². The van der Waals surface area contributed by atoms with Crippen LogP contribution in [0.2, 0.25) is 0 Å². The highest BCUT2D eigenvalue weighted by Crippen LogP contribution is 2.13. The minimum atomic E-state index is -3.19. The highest BCUT2D eigenvalue weighted by molar-refractivity contribution is 14.0. The number of rotatable bonds is 6. The summed E-state index contributed by atoms with van der Waals surface area (Å²) in [6, 6.07) is 10.1. The molecule has 1 heterocycles. The van der Waals surface area contributed by atoms with Gasteiger partial charge < -0.3 is 10.2 Å². The Labute approximate surface area is 172 Å². The van der Waals surface area contributed by atoms with Crippen molar-refractivity contribution < 1.29 is 8.42 Å². The first-order valence-electron chi connectivity index (χ1n) is 8.04. The van der Waals surface area contributed by atoms with E-state index in [0.29, 0.717) is 25.6 Å². The van der Waals surface area contributed by atoms with Gasteiger partial charge in [0.05, 0.1) is 5.75 Å². The first kappa shape index (κ1) is 22.5. The maximum absolute atomic E-state index is 12.3. The molecule has 0 bridgehead atoms. The maximum atomic E-state index is 12.3. The lowest BCUT2D eigenvalue weighted by atomic mass is 10.2. The summed E-state index contributed by atoms with van der Waals surface area (Å²) in [5, 5.41) is 3.15. The summed E-state index contributed by atoms with van der Waals surface area (Å²) in [6.45, 7) is 2.32. The van der Waals surface area contributed by atoms with E-state index in [0.717, 1.165) is 18.1 Å². The summed E-state index contributed by atoms with van der Waals surface area (Å²) in [6.07, 6.45) is 0. The average Bonchev–Trinajstić information content (AvgIpc) is 2.60. The molecule has 0 radical (unpaired) electrons. The minimum absolute atomic E-state index is 0. The Morgan fingerprint density at radius 2 is 1.92 bits per heavy atom.